The lowest BCUT2D eigenvalue weighted by Crippen LogP contribution is -2.25. The van der Waals surface area contributed by atoms with Gasteiger partial charge in [-0.05, 0) is 25.7 Å². The summed E-state index contributed by atoms with van der Waals surface area (Å²) in [5, 5.41) is 19.1. The molecule has 1 unspecified atom stereocenters. The zero-order valence-electron chi connectivity index (χ0n) is 16.3. The van der Waals surface area contributed by atoms with E-state index < -0.39 is 0 Å². The molecule has 0 saturated carbocycles. The Balaban J connectivity index is 1.59. The molecule has 2 aromatic rings. The number of nitrogens with zero attached hydrogens (tertiary/aromatic N) is 5. The Morgan fingerprint density at radius 3 is 2.75 bits per heavy atom. The summed E-state index contributed by atoms with van der Waals surface area (Å²) in [5.41, 5.74) is 0. The Kier molecular flexibility index (Phi) is 7.80. The van der Waals surface area contributed by atoms with Gasteiger partial charge < -0.3 is 30.4 Å². The van der Waals surface area contributed by atoms with Crippen molar-refractivity contribution in [3.63, 3.8) is 0 Å². The highest BCUT2D eigenvalue weighted by molar-refractivity contribution is 5.42. The molecule has 3 heterocycles. The minimum absolute atomic E-state index is 0.0223. The quantitative estimate of drug-likeness (QED) is 0.398. The molecule has 0 aromatic carbocycles. The molecule has 0 spiro atoms. The van der Waals surface area contributed by atoms with Gasteiger partial charge in [0, 0.05) is 38.6 Å². The highest BCUT2D eigenvalue weighted by atomic mass is 16.5. The average Bonchev–Trinajstić information content (AvgIpc) is 3.42. The molecule has 154 valence electrons. The first-order valence-electron chi connectivity index (χ1n) is 9.95. The van der Waals surface area contributed by atoms with E-state index in [1.54, 1.807) is 12.5 Å². The predicted molar refractivity (Wildman–Crippen MR) is 107 cm³/mol. The first-order chi connectivity index (χ1) is 13.8. The van der Waals surface area contributed by atoms with Crippen molar-refractivity contribution >= 4 is 17.8 Å². The normalized spacial score (nSPS) is 17.4. The van der Waals surface area contributed by atoms with Gasteiger partial charge in [-0.1, -0.05) is 6.92 Å². The molecule has 1 aliphatic heterocycles. The molecular formula is C18H30N8O2. The van der Waals surface area contributed by atoms with E-state index in [0.717, 1.165) is 45.4 Å². The number of anilines is 3. The van der Waals surface area contributed by atoms with Crippen molar-refractivity contribution < 1.29 is 9.84 Å². The van der Waals surface area contributed by atoms with E-state index in [9.17, 15) is 5.11 Å². The van der Waals surface area contributed by atoms with E-state index >= 15 is 0 Å². The van der Waals surface area contributed by atoms with E-state index in [2.05, 4.69) is 35.9 Å². The summed E-state index contributed by atoms with van der Waals surface area (Å²) in [7, 11) is 0. The second-order valence-electron chi connectivity index (χ2n) is 6.84. The summed E-state index contributed by atoms with van der Waals surface area (Å²) < 4.78 is 7.68. The van der Waals surface area contributed by atoms with Gasteiger partial charge in [-0.25, -0.2) is 4.98 Å². The Morgan fingerprint density at radius 1 is 1.25 bits per heavy atom. The summed E-state index contributed by atoms with van der Waals surface area (Å²) >= 11 is 0. The topological polar surface area (TPSA) is 122 Å². The predicted octanol–water partition coefficient (Wildman–Crippen LogP) is 1.34. The molecule has 2 atom stereocenters. The van der Waals surface area contributed by atoms with Crippen LogP contribution in [0.1, 0.15) is 32.6 Å². The lowest BCUT2D eigenvalue weighted by molar-refractivity contribution is 0.120. The zero-order chi connectivity index (χ0) is 19.6. The maximum atomic E-state index is 9.45. The fourth-order valence-electron chi connectivity index (χ4n) is 2.95. The molecule has 10 nitrogen and oxygen atoms in total. The molecule has 3 rings (SSSR count). The fraction of sp³-hybridized carbons (Fsp3) is 0.667. The van der Waals surface area contributed by atoms with Gasteiger partial charge in [0.25, 0.3) is 0 Å². The molecule has 1 fully saturated rings. The van der Waals surface area contributed by atoms with Crippen LogP contribution in [0.4, 0.5) is 17.8 Å². The number of aryl methyl sites for hydroxylation is 1. The van der Waals surface area contributed by atoms with Crippen molar-refractivity contribution in [1.29, 1.82) is 0 Å². The highest BCUT2D eigenvalue weighted by Gasteiger charge is 2.16. The van der Waals surface area contributed by atoms with E-state index in [4.69, 9.17) is 4.74 Å². The van der Waals surface area contributed by atoms with Crippen LogP contribution < -0.4 is 16.0 Å². The maximum Gasteiger partial charge on any atom is 0.229 e. The smallest absolute Gasteiger partial charge is 0.229 e. The Hall–Kier alpha value is -2.46. The number of nitrogens with one attached hydrogen (secondary N) is 3. The minimum Gasteiger partial charge on any atom is -0.394 e. The molecule has 0 radical (unpaired) electrons. The van der Waals surface area contributed by atoms with Gasteiger partial charge in [0.1, 0.15) is 0 Å². The summed E-state index contributed by atoms with van der Waals surface area (Å²) in [5.74, 6) is 1.45. The van der Waals surface area contributed by atoms with Crippen LogP contribution in [0.3, 0.4) is 0 Å². The molecular weight excluding hydrogens is 360 g/mol. The van der Waals surface area contributed by atoms with Crippen LogP contribution in [0, 0.1) is 0 Å². The van der Waals surface area contributed by atoms with Gasteiger partial charge in [-0.15, -0.1) is 0 Å². The van der Waals surface area contributed by atoms with Crippen LogP contribution in [0.25, 0.3) is 0 Å². The molecule has 2 aromatic heterocycles. The number of ether oxygens (including phenoxy) is 1. The molecule has 28 heavy (non-hydrogen) atoms. The summed E-state index contributed by atoms with van der Waals surface area (Å²) in [4.78, 5) is 17.4. The van der Waals surface area contributed by atoms with Gasteiger partial charge in [0.05, 0.1) is 25.1 Å². The zero-order valence-corrected chi connectivity index (χ0v) is 16.3. The van der Waals surface area contributed by atoms with Crippen LogP contribution in [-0.2, 0) is 11.3 Å². The van der Waals surface area contributed by atoms with Crippen molar-refractivity contribution in [2.24, 2.45) is 0 Å². The lowest BCUT2D eigenvalue weighted by Gasteiger charge is -2.16. The Bertz CT molecular complexity index is 687. The first-order valence-corrected chi connectivity index (χ1v) is 9.95. The molecule has 4 N–H and O–H groups in total. The first kappa shape index (κ1) is 20.3. The van der Waals surface area contributed by atoms with Gasteiger partial charge in [0.2, 0.25) is 17.8 Å². The third-order valence-corrected chi connectivity index (χ3v) is 4.63. The number of imidazole rings is 1. The average molecular weight is 390 g/mol. The molecule has 10 heteroatoms. The largest absolute Gasteiger partial charge is 0.394 e. The van der Waals surface area contributed by atoms with Crippen molar-refractivity contribution in [2.75, 3.05) is 42.3 Å². The molecule has 1 saturated heterocycles. The second kappa shape index (κ2) is 10.8. The Morgan fingerprint density at radius 2 is 2.07 bits per heavy atom. The van der Waals surface area contributed by atoms with Crippen molar-refractivity contribution in [3.05, 3.63) is 18.7 Å². The fourth-order valence-corrected chi connectivity index (χ4v) is 2.95. The van der Waals surface area contributed by atoms with Crippen LogP contribution in [-0.4, -0.2) is 68.1 Å². The highest BCUT2D eigenvalue weighted by Crippen LogP contribution is 2.15. The number of hydrogen-bond donors (Lipinski definition) is 4. The monoisotopic (exact) mass is 390 g/mol. The maximum absolute atomic E-state index is 9.45. The summed E-state index contributed by atoms with van der Waals surface area (Å²) in [6, 6.07) is -0.0949. The number of aliphatic hydroxyl groups is 1. The van der Waals surface area contributed by atoms with Gasteiger partial charge in [0.15, 0.2) is 0 Å². The van der Waals surface area contributed by atoms with E-state index in [1.165, 1.54) is 0 Å². The van der Waals surface area contributed by atoms with E-state index in [0.29, 0.717) is 24.4 Å². The lowest BCUT2D eigenvalue weighted by atomic mass is 10.2. The second-order valence-corrected chi connectivity index (χ2v) is 6.84. The summed E-state index contributed by atoms with van der Waals surface area (Å²) in [6.45, 7) is 5.10. The van der Waals surface area contributed by atoms with Crippen molar-refractivity contribution in [1.82, 2.24) is 24.5 Å². The van der Waals surface area contributed by atoms with E-state index in [1.807, 2.05) is 17.7 Å². The van der Waals surface area contributed by atoms with Gasteiger partial charge >= 0.3 is 0 Å². The number of rotatable bonds is 12. The molecule has 1 aliphatic rings. The Labute approximate surface area is 165 Å². The number of aromatic nitrogens is 5. The SMILES string of the molecule is CC[C@H](CO)Nc1nc(NCCCn2ccnc2)nc(NCC2CCCO2)n1. The van der Waals surface area contributed by atoms with Crippen LogP contribution in [0.15, 0.2) is 18.7 Å². The number of aliphatic hydroxyl groups excluding tert-OH is 1. The van der Waals surface area contributed by atoms with Crippen LogP contribution >= 0.6 is 0 Å². The van der Waals surface area contributed by atoms with Crippen molar-refractivity contribution in [2.45, 2.75) is 51.3 Å². The van der Waals surface area contributed by atoms with Crippen molar-refractivity contribution in [3.8, 4) is 0 Å². The third-order valence-electron chi connectivity index (χ3n) is 4.63. The van der Waals surface area contributed by atoms with Crippen LogP contribution in [0.2, 0.25) is 0 Å². The molecule has 0 aliphatic carbocycles. The molecule has 0 bridgehead atoms. The third kappa shape index (κ3) is 6.31. The summed E-state index contributed by atoms with van der Waals surface area (Å²) in [6.07, 6.45) is 9.54. The van der Waals surface area contributed by atoms with Gasteiger partial charge in [-0.2, -0.15) is 15.0 Å². The minimum atomic E-state index is -0.0949. The standard InChI is InChI=1S/C18H30N8O2/c1-2-14(12-27)22-18-24-16(20-6-4-8-26-9-7-19-13-26)23-17(25-18)21-11-15-5-3-10-28-15/h7,9,13-15,27H,2-6,8,10-12H2,1H3,(H3,20,21,22,23,24,25)/t14-,15?/m1/s1. The molecule has 0 amide bonds. The van der Waals surface area contributed by atoms with Gasteiger partial charge in [-0.3, -0.25) is 0 Å². The van der Waals surface area contributed by atoms with Crippen LogP contribution in [0.5, 0.6) is 0 Å². The number of hydrogen-bond acceptors (Lipinski definition) is 9. The van der Waals surface area contributed by atoms with E-state index in [-0.39, 0.29) is 18.8 Å².